The van der Waals surface area contributed by atoms with E-state index in [0.29, 0.717) is 56.2 Å². The number of anilines is 1. The van der Waals surface area contributed by atoms with E-state index in [-0.39, 0.29) is 30.9 Å². The van der Waals surface area contributed by atoms with E-state index in [1.165, 1.54) is 12.1 Å². The summed E-state index contributed by atoms with van der Waals surface area (Å²) in [5.74, 6) is 0.202. The largest absolute Gasteiger partial charge is 0.497 e. The number of carbonyl (C=O) groups excluding carboxylic acids is 2. The number of nitrogens with zero attached hydrogens (tertiary/aromatic N) is 2. The van der Waals surface area contributed by atoms with Gasteiger partial charge < -0.3 is 35.2 Å². The lowest BCUT2D eigenvalue weighted by Gasteiger charge is -2.38. The predicted molar refractivity (Wildman–Crippen MR) is 151 cm³/mol. The van der Waals surface area contributed by atoms with Gasteiger partial charge in [0.15, 0.2) is 0 Å². The van der Waals surface area contributed by atoms with Gasteiger partial charge in [-0.25, -0.2) is 0 Å². The quantitative estimate of drug-likeness (QED) is 0.336. The number of nitrogens with one attached hydrogen (secondary N) is 3. The summed E-state index contributed by atoms with van der Waals surface area (Å²) in [6.45, 7) is 4.27. The molecule has 0 saturated carbocycles. The number of alkyl halides is 3. The van der Waals surface area contributed by atoms with Crippen LogP contribution in [-0.2, 0) is 33.5 Å². The van der Waals surface area contributed by atoms with Crippen LogP contribution in [0, 0.1) is 0 Å². The van der Waals surface area contributed by atoms with Crippen molar-refractivity contribution in [3.05, 3.63) is 59.2 Å². The molecule has 2 aromatic rings. The highest BCUT2D eigenvalue weighted by atomic mass is 19.4. The standard InChI is InChI=1S/C29H40F3N5O4/c1-20(19-40-3)34-17-22-16-23(29(30,31)32)7-10-26(22)36-11-13-37(14-12-36)28(39)25(35-27(38)18-33-2)15-21-5-8-24(41-4)9-6-21/h5-10,16,20,25,33-34H,11-15,17-19H2,1-4H3,(H,35,38). The van der Waals surface area contributed by atoms with Crippen molar-refractivity contribution in [3.8, 4) is 5.75 Å². The second-order valence-electron chi connectivity index (χ2n) is 10.1. The van der Waals surface area contributed by atoms with Crippen LogP contribution in [0.3, 0.4) is 0 Å². The third kappa shape index (κ3) is 9.34. The van der Waals surface area contributed by atoms with Crippen LogP contribution in [0.1, 0.15) is 23.6 Å². The fourth-order valence-corrected chi connectivity index (χ4v) is 4.80. The van der Waals surface area contributed by atoms with Crippen LogP contribution in [0.2, 0.25) is 0 Å². The fourth-order valence-electron chi connectivity index (χ4n) is 4.80. The van der Waals surface area contributed by atoms with E-state index in [2.05, 4.69) is 16.0 Å². The summed E-state index contributed by atoms with van der Waals surface area (Å²) in [5, 5.41) is 8.86. The van der Waals surface area contributed by atoms with Gasteiger partial charge in [-0.15, -0.1) is 0 Å². The van der Waals surface area contributed by atoms with Crippen molar-refractivity contribution in [3.63, 3.8) is 0 Å². The minimum atomic E-state index is -4.45. The number of carbonyl (C=O) groups is 2. The highest BCUT2D eigenvalue weighted by molar-refractivity contribution is 5.88. The van der Waals surface area contributed by atoms with E-state index in [4.69, 9.17) is 9.47 Å². The Hall–Kier alpha value is -3.35. The summed E-state index contributed by atoms with van der Waals surface area (Å²) in [6.07, 6.45) is -4.14. The Balaban J connectivity index is 1.73. The topological polar surface area (TPSA) is 95.2 Å². The van der Waals surface area contributed by atoms with E-state index in [9.17, 15) is 22.8 Å². The summed E-state index contributed by atoms with van der Waals surface area (Å²) in [4.78, 5) is 29.7. The molecule has 2 amide bonds. The van der Waals surface area contributed by atoms with E-state index in [0.717, 1.165) is 11.6 Å². The Labute approximate surface area is 239 Å². The summed E-state index contributed by atoms with van der Waals surface area (Å²) < 4.78 is 50.8. The third-order valence-electron chi connectivity index (χ3n) is 6.97. The molecule has 2 atom stereocenters. The van der Waals surface area contributed by atoms with Gasteiger partial charge in [-0.2, -0.15) is 13.2 Å². The van der Waals surface area contributed by atoms with Crippen molar-refractivity contribution in [2.45, 2.75) is 38.1 Å². The minimum Gasteiger partial charge on any atom is -0.497 e. The maximum atomic E-state index is 13.6. The van der Waals surface area contributed by atoms with Crippen LogP contribution >= 0.6 is 0 Å². The van der Waals surface area contributed by atoms with Crippen LogP contribution in [-0.4, -0.2) is 89.4 Å². The number of likely N-dealkylation sites (N-methyl/N-ethyl adjacent to an activating group) is 1. The lowest BCUT2D eigenvalue weighted by atomic mass is 10.0. The lowest BCUT2D eigenvalue weighted by Crippen LogP contribution is -2.56. The zero-order valence-electron chi connectivity index (χ0n) is 24.0. The zero-order chi connectivity index (χ0) is 30.0. The van der Waals surface area contributed by atoms with Gasteiger partial charge in [-0.05, 0) is 55.4 Å². The van der Waals surface area contributed by atoms with E-state index < -0.39 is 17.8 Å². The normalized spacial score (nSPS) is 15.4. The lowest BCUT2D eigenvalue weighted by molar-refractivity contribution is -0.137. The molecule has 1 fully saturated rings. The second kappa shape index (κ2) is 15.0. The molecule has 3 N–H and O–H groups in total. The molecule has 0 radical (unpaired) electrons. The van der Waals surface area contributed by atoms with Crippen molar-refractivity contribution in [1.29, 1.82) is 0 Å². The van der Waals surface area contributed by atoms with Crippen LogP contribution in [0.4, 0.5) is 18.9 Å². The number of amides is 2. The molecule has 0 aromatic heterocycles. The van der Waals surface area contributed by atoms with Gasteiger partial charge in [0.25, 0.3) is 0 Å². The van der Waals surface area contributed by atoms with Crippen molar-refractivity contribution < 1.29 is 32.2 Å². The molecule has 226 valence electrons. The molecule has 0 bridgehead atoms. The van der Waals surface area contributed by atoms with Crippen LogP contribution in [0.15, 0.2) is 42.5 Å². The van der Waals surface area contributed by atoms with Crippen molar-refractivity contribution in [1.82, 2.24) is 20.9 Å². The van der Waals surface area contributed by atoms with Gasteiger partial charge in [0, 0.05) is 58.0 Å². The number of hydrogen-bond acceptors (Lipinski definition) is 7. The van der Waals surface area contributed by atoms with Gasteiger partial charge >= 0.3 is 6.18 Å². The Bertz CT molecular complexity index is 1140. The maximum Gasteiger partial charge on any atom is 0.416 e. The van der Waals surface area contributed by atoms with Crippen LogP contribution in [0.25, 0.3) is 0 Å². The highest BCUT2D eigenvalue weighted by Crippen LogP contribution is 2.33. The third-order valence-corrected chi connectivity index (χ3v) is 6.97. The Morgan fingerprint density at radius 1 is 1.02 bits per heavy atom. The van der Waals surface area contributed by atoms with Crippen molar-refractivity contribution in [2.75, 3.05) is 65.5 Å². The Morgan fingerprint density at radius 3 is 2.29 bits per heavy atom. The first-order valence-electron chi connectivity index (χ1n) is 13.6. The molecule has 2 unspecified atom stereocenters. The molecule has 12 heteroatoms. The van der Waals surface area contributed by atoms with Gasteiger partial charge in [0.1, 0.15) is 11.8 Å². The minimum absolute atomic E-state index is 0.0439. The first kappa shape index (κ1) is 32.2. The second-order valence-corrected chi connectivity index (χ2v) is 10.1. The van der Waals surface area contributed by atoms with Gasteiger partial charge in [-0.3, -0.25) is 9.59 Å². The van der Waals surface area contributed by atoms with Gasteiger partial charge in [0.05, 0.1) is 25.8 Å². The monoisotopic (exact) mass is 579 g/mol. The van der Waals surface area contributed by atoms with E-state index >= 15 is 0 Å². The molecule has 0 spiro atoms. The first-order chi connectivity index (χ1) is 19.5. The molecule has 1 aliphatic heterocycles. The average molecular weight is 580 g/mol. The molecule has 1 heterocycles. The Morgan fingerprint density at radius 2 is 1.71 bits per heavy atom. The van der Waals surface area contributed by atoms with E-state index in [1.807, 2.05) is 24.0 Å². The summed E-state index contributed by atoms with van der Waals surface area (Å²) in [7, 11) is 4.80. The molecule has 3 rings (SSSR count). The van der Waals surface area contributed by atoms with Crippen molar-refractivity contribution in [2.24, 2.45) is 0 Å². The molecule has 2 aromatic carbocycles. The number of benzene rings is 2. The maximum absolute atomic E-state index is 13.6. The molecule has 0 aliphatic carbocycles. The Kier molecular flexibility index (Phi) is 11.8. The highest BCUT2D eigenvalue weighted by Gasteiger charge is 2.33. The van der Waals surface area contributed by atoms with Gasteiger partial charge in [-0.1, -0.05) is 12.1 Å². The number of ether oxygens (including phenoxy) is 2. The van der Waals surface area contributed by atoms with Gasteiger partial charge in [0.2, 0.25) is 11.8 Å². The molecule has 9 nitrogen and oxygen atoms in total. The number of halogens is 3. The molecule has 41 heavy (non-hydrogen) atoms. The SMILES string of the molecule is CNCC(=O)NC(Cc1ccc(OC)cc1)C(=O)N1CCN(c2ccc(C(F)(F)F)cc2CNC(C)COC)CC1. The number of rotatable bonds is 13. The van der Waals surface area contributed by atoms with E-state index in [1.54, 1.807) is 38.3 Å². The van der Waals surface area contributed by atoms with Crippen LogP contribution < -0.4 is 25.6 Å². The number of piperazine rings is 1. The smallest absolute Gasteiger partial charge is 0.416 e. The molecule has 1 aliphatic rings. The molecular formula is C29H40F3N5O4. The molecule has 1 saturated heterocycles. The summed E-state index contributed by atoms with van der Waals surface area (Å²) >= 11 is 0. The summed E-state index contributed by atoms with van der Waals surface area (Å²) in [5.41, 5.74) is 1.39. The predicted octanol–water partition coefficient (Wildman–Crippen LogP) is 2.43. The number of hydrogen-bond donors (Lipinski definition) is 3. The van der Waals surface area contributed by atoms with Crippen LogP contribution in [0.5, 0.6) is 5.75 Å². The fraction of sp³-hybridized carbons (Fsp3) is 0.517. The van der Waals surface area contributed by atoms with Crippen molar-refractivity contribution >= 4 is 17.5 Å². The summed E-state index contributed by atoms with van der Waals surface area (Å²) in [6, 6.07) is 10.3. The number of methoxy groups -OCH3 is 2. The zero-order valence-corrected chi connectivity index (χ0v) is 24.0. The average Bonchev–Trinajstić information content (AvgIpc) is 2.95. The molecular weight excluding hydrogens is 539 g/mol. The first-order valence-corrected chi connectivity index (χ1v) is 13.6.